The van der Waals surface area contributed by atoms with Gasteiger partial charge in [-0.25, -0.2) is 9.67 Å². The molecule has 0 aromatic carbocycles. The summed E-state index contributed by atoms with van der Waals surface area (Å²) in [5.74, 6) is 0.900. The second-order valence-electron chi connectivity index (χ2n) is 11.8. The molecule has 0 bridgehead atoms. The van der Waals surface area contributed by atoms with Crippen LogP contribution < -0.4 is 16.8 Å². The first kappa shape index (κ1) is 28.0. The summed E-state index contributed by atoms with van der Waals surface area (Å²) in [7, 11) is 0. The molecule has 1 amide bonds. The van der Waals surface area contributed by atoms with Gasteiger partial charge in [0, 0.05) is 18.9 Å². The van der Waals surface area contributed by atoms with E-state index >= 15 is 0 Å². The molecule has 1 aromatic rings. The average Bonchev–Trinajstić information content (AvgIpc) is 3.61. The molecule has 38 heavy (non-hydrogen) atoms. The van der Waals surface area contributed by atoms with Gasteiger partial charge in [-0.15, -0.1) is 0 Å². The van der Waals surface area contributed by atoms with Crippen LogP contribution in [-0.2, 0) is 27.2 Å². The van der Waals surface area contributed by atoms with E-state index < -0.39 is 11.9 Å². The number of carbonyl (C=O) groups excluding carboxylic acids is 3. The van der Waals surface area contributed by atoms with Gasteiger partial charge in [0.15, 0.2) is 5.78 Å². The number of nitrogens with one attached hydrogen (secondary N) is 1. The van der Waals surface area contributed by atoms with Crippen LogP contribution in [0.1, 0.15) is 101 Å². The number of aromatic nitrogens is 2. The number of Topliss-reactive ketones (excluding diaryl/α,β-unsaturated/α-hetero) is 1. The molecule has 0 radical (unpaired) electrons. The molecule has 4 rings (SSSR count). The number of fused-ring (bicyclic) bond motifs is 1. The zero-order valence-electron chi connectivity index (χ0n) is 23.1. The third-order valence-electron chi connectivity index (χ3n) is 7.80. The molecule has 5 N–H and O–H groups in total. The normalized spacial score (nSPS) is 23.9. The molecule has 1 heterocycles. The molecule has 3 aliphatic rings. The minimum absolute atomic E-state index is 0.0476. The van der Waals surface area contributed by atoms with E-state index in [4.69, 9.17) is 26.3 Å². The number of hydrogen-bond donors (Lipinski definition) is 3. The Morgan fingerprint density at radius 3 is 2.42 bits per heavy atom. The van der Waals surface area contributed by atoms with Crippen LogP contribution in [0.15, 0.2) is 16.4 Å². The van der Waals surface area contributed by atoms with Crippen molar-refractivity contribution in [3.63, 3.8) is 0 Å². The van der Waals surface area contributed by atoms with Gasteiger partial charge in [-0.05, 0) is 69.6 Å². The highest BCUT2D eigenvalue weighted by Gasteiger charge is 2.38. The van der Waals surface area contributed by atoms with Crippen LogP contribution in [-0.4, -0.2) is 52.0 Å². The van der Waals surface area contributed by atoms with E-state index in [0.29, 0.717) is 48.8 Å². The molecule has 0 aliphatic heterocycles. The second-order valence-corrected chi connectivity index (χ2v) is 11.8. The predicted octanol–water partition coefficient (Wildman–Crippen LogP) is 2.77. The molecule has 208 valence electrons. The molecule has 10 heteroatoms. The van der Waals surface area contributed by atoms with E-state index in [9.17, 15) is 14.4 Å². The lowest BCUT2D eigenvalue weighted by Crippen LogP contribution is -2.37. The van der Waals surface area contributed by atoms with Gasteiger partial charge >= 0.3 is 5.97 Å². The first-order chi connectivity index (χ1) is 18.0. The minimum atomic E-state index is -0.550. The summed E-state index contributed by atoms with van der Waals surface area (Å²) in [6.07, 6.45) is 7.73. The van der Waals surface area contributed by atoms with E-state index in [1.54, 1.807) is 6.92 Å². The Kier molecular flexibility index (Phi) is 8.40. The lowest BCUT2D eigenvalue weighted by Gasteiger charge is -2.30. The monoisotopic (exact) mass is 526 g/mol. The quantitative estimate of drug-likeness (QED) is 0.193. The highest BCUT2D eigenvalue weighted by Crippen LogP contribution is 2.39. The van der Waals surface area contributed by atoms with Crippen LogP contribution in [0.4, 0.5) is 0 Å². The van der Waals surface area contributed by atoms with Gasteiger partial charge in [0.1, 0.15) is 17.8 Å². The Labute approximate surface area is 224 Å². The Morgan fingerprint density at radius 1 is 1.16 bits per heavy atom. The van der Waals surface area contributed by atoms with E-state index in [1.807, 2.05) is 11.6 Å². The third-order valence-corrected chi connectivity index (χ3v) is 7.80. The SMILES string of the molecule is CCC(=N/C(NC1CCC(OC(=O)CN)CC1)=C(\C)C(N)=O)n1nc(CC2CC2)c2c1CC(C)(C)CC2=O. The Balaban J connectivity index is 1.64. The van der Waals surface area contributed by atoms with Gasteiger partial charge in [-0.1, -0.05) is 20.8 Å². The fourth-order valence-electron chi connectivity index (χ4n) is 5.48. The highest BCUT2D eigenvalue weighted by molar-refractivity contribution is 6.01. The van der Waals surface area contributed by atoms with E-state index in [1.165, 1.54) is 12.8 Å². The topological polar surface area (TPSA) is 155 Å². The zero-order valence-corrected chi connectivity index (χ0v) is 23.1. The first-order valence-electron chi connectivity index (χ1n) is 13.9. The van der Waals surface area contributed by atoms with Crippen LogP contribution in [0.5, 0.6) is 0 Å². The number of nitrogens with two attached hydrogens (primary N) is 2. The molecule has 2 fully saturated rings. The number of ether oxygens (including phenoxy) is 1. The summed E-state index contributed by atoms with van der Waals surface area (Å²) in [5, 5.41) is 8.38. The van der Waals surface area contributed by atoms with Gasteiger partial charge in [-0.2, -0.15) is 5.10 Å². The van der Waals surface area contributed by atoms with Gasteiger partial charge in [0.25, 0.3) is 0 Å². The molecule has 10 nitrogen and oxygen atoms in total. The Hall–Kier alpha value is -3.01. The van der Waals surface area contributed by atoms with E-state index in [-0.39, 0.29) is 29.9 Å². The second kappa shape index (κ2) is 11.4. The Morgan fingerprint density at radius 2 is 1.84 bits per heavy atom. The van der Waals surface area contributed by atoms with E-state index in [2.05, 4.69) is 19.2 Å². The summed E-state index contributed by atoms with van der Waals surface area (Å²) < 4.78 is 7.24. The lowest BCUT2D eigenvalue weighted by molar-refractivity contribution is -0.148. The largest absolute Gasteiger partial charge is 0.461 e. The number of primary amides is 1. The molecule has 0 atom stereocenters. The van der Waals surface area contributed by atoms with Crippen molar-refractivity contribution < 1.29 is 19.1 Å². The number of ketones is 1. The van der Waals surface area contributed by atoms with Crippen LogP contribution in [0.2, 0.25) is 0 Å². The fraction of sp³-hybridized carbons (Fsp3) is 0.679. The molecule has 3 aliphatic carbocycles. The van der Waals surface area contributed by atoms with Gasteiger partial charge < -0.3 is 21.5 Å². The molecule has 0 saturated heterocycles. The third kappa shape index (κ3) is 6.51. The maximum Gasteiger partial charge on any atom is 0.319 e. The number of esters is 1. The summed E-state index contributed by atoms with van der Waals surface area (Å²) in [6, 6.07) is 0.0476. The van der Waals surface area contributed by atoms with Crippen LogP contribution >= 0.6 is 0 Å². The summed E-state index contributed by atoms with van der Waals surface area (Å²) in [6.45, 7) is 7.76. The van der Waals surface area contributed by atoms with Crippen molar-refractivity contribution in [1.82, 2.24) is 15.1 Å². The minimum Gasteiger partial charge on any atom is -0.461 e. The van der Waals surface area contributed by atoms with Crippen LogP contribution in [0, 0.1) is 11.3 Å². The van der Waals surface area contributed by atoms with E-state index in [0.717, 1.165) is 42.6 Å². The van der Waals surface area contributed by atoms with Crippen molar-refractivity contribution in [3.05, 3.63) is 28.3 Å². The number of carbonyl (C=O) groups is 3. The lowest BCUT2D eigenvalue weighted by atomic mass is 9.75. The average molecular weight is 527 g/mol. The van der Waals surface area contributed by atoms with Crippen molar-refractivity contribution in [2.24, 2.45) is 27.8 Å². The van der Waals surface area contributed by atoms with Crippen LogP contribution in [0.3, 0.4) is 0 Å². The maximum absolute atomic E-state index is 13.2. The van der Waals surface area contributed by atoms with Crippen molar-refractivity contribution in [2.75, 3.05) is 6.54 Å². The van der Waals surface area contributed by atoms with Crippen molar-refractivity contribution in [1.29, 1.82) is 0 Å². The number of rotatable bonds is 9. The number of aliphatic imine (C=N–C) groups is 1. The van der Waals surface area contributed by atoms with Crippen molar-refractivity contribution in [2.45, 2.75) is 104 Å². The fourth-order valence-corrected chi connectivity index (χ4v) is 5.48. The number of nitrogens with zero attached hydrogens (tertiary/aromatic N) is 3. The number of hydrogen-bond acceptors (Lipinski definition) is 8. The molecular formula is C28H42N6O4. The maximum atomic E-state index is 13.2. The molecule has 0 unspecified atom stereocenters. The van der Waals surface area contributed by atoms with Gasteiger partial charge in [0.05, 0.1) is 29.1 Å². The summed E-state index contributed by atoms with van der Waals surface area (Å²) in [4.78, 5) is 41.9. The van der Waals surface area contributed by atoms with Crippen LogP contribution in [0.25, 0.3) is 0 Å². The summed E-state index contributed by atoms with van der Waals surface area (Å²) in [5.41, 5.74) is 13.8. The number of amides is 1. The highest BCUT2D eigenvalue weighted by atomic mass is 16.5. The predicted molar refractivity (Wildman–Crippen MR) is 144 cm³/mol. The summed E-state index contributed by atoms with van der Waals surface area (Å²) >= 11 is 0. The molecular weight excluding hydrogens is 484 g/mol. The first-order valence-corrected chi connectivity index (χ1v) is 13.9. The standard InChI is InChI=1S/C28H42N6O4/c1-5-23(34-21-13-28(3,4)14-22(35)25(21)20(33-34)12-17-6-7-17)32-27(16(2)26(30)37)31-18-8-10-19(11-9-18)38-24(36)15-29/h17-19,31H,5-15,29H2,1-4H3,(H2,30,37)/b27-16+,32-23?. The molecule has 0 spiro atoms. The molecule has 2 saturated carbocycles. The smallest absolute Gasteiger partial charge is 0.319 e. The van der Waals surface area contributed by atoms with Crippen molar-refractivity contribution >= 4 is 23.5 Å². The Bertz CT molecular complexity index is 1150. The zero-order chi connectivity index (χ0) is 27.6. The van der Waals surface area contributed by atoms with Gasteiger partial charge in [-0.3, -0.25) is 14.4 Å². The molecule has 1 aromatic heterocycles. The van der Waals surface area contributed by atoms with Crippen molar-refractivity contribution in [3.8, 4) is 0 Å². The van der Waals surface area contributed by atoms with Gasteiger partial charge in [0.2, 0.25) is 5.91 Å².